The normalized spacial score (nSPS) is 24.3. The van der Waals surface area contributed by atoms with Crippen molar-refractivity contribution in [1.29, 1.82) is 0 Å². The predicted octanol–water partition coefficient (Wildman–Crippen LogP) is 3.52. The van der Waals surface area contributed by atoms with Crippen LogP contribution in [0.15, 0.2) is 30.3 Å². The number of nitrogens with zero attached hydrogens (tertiary/aromatic N) is 1. The van der Waals surface area contributed by atoms with Gasteiger partial charge >= 0.3 is 0 Å². The number of Topliss-reactive ketones (excluding diaryl/α,β-unsaturated/α-hetero) is 1. The van der Waals surface area contributed by atoms with Gasteiger partial charge in [-0.15, -0.1) is 0 Å². The van der Waals surface area contributed by atoms with Gasteiger partial charge in [-0.3, -0.25) is 9.69 Å². The lowest BCUT2D eigenvalue weighted by molar-refractivity contribution is 0.0949. The number of benzene rings is 1. The summed E-state index contributed by atoms with van der Waals surface area (Å²) in [5.74, 6) is 0.268. The van der Waals surface area contributed by atoms with Gasteiger partial charge in [0.15, 0.2) is 5.78 Å². The first kappa shape index (κ1) is 13.3. The molecule has 1 aliphatic rings. The van der Waals surface area contributed by atoms with Crippen molar-refractivity contribution in [2.45, 2.75) is 51.6 Å². The Labute approximate surface area is 110 Å². The Morgan fingerprint density at radius 1 is 1.28 bits per heavy atom. The van der Waals surface area contributed by atoms with Crippen LogP contribution in [0.1, 0.15) is 49.9 Å². The molecular formula is C16H23NO. The molecule has 1 fully saturated rings. The smallest absolute Gasteiger partial charge is 0.164 e. The van der Waals surface area contributed by atoms with Gasteiger partial charge in [0.1, 0.15) is 0 Å². The maximum Gasteiger partial charge on any atom is 0.164 e. The highest BCUT2D eigenvalue weighted by Crippen LogP contribution is 2.26. The lowest BCUT2D eigenvalue weighted by Crippen LogP contribution is -2.35. The van der Waals surface area contributed by atoms with Crippen LogP contribution >= 0.6 is 0 Å². The number of ketones is 1. The highest BCUT2D eigenvalue weighted by atomic mass is 16.1. The van der Waals surface area contributed by atoms with E-state index in [-0.39, 0.29) is 5.78 Å². The van der Waals surface area contributed by atoms with Crippen LogP contribution in [0.5, 0.6) is 0 Å². The number of carbonyl (C=O) groups is 1. The Hall–Kier alpha value is -1.15. The molecule has 0 aliphatic carbocycles. The summed E-state index contributed by atoms with van der Waals surface area (Å²) in [4.78, 5) is 14.6. The molecule has 98 valence electrons. The quantitative estimate of drug-likeness (QED) is 0.740. The van der Waals surface area contributed by atoms with Crippen molar-refractivity contribution in [3.8, 4) is 0 Å². The molecule has 0 radical (unpaired) electrons. The fourth-order valence-corrected chi connectivity index (χ4v) is 2.97. The number of rotatable bonds is 5. The van der Waals surface area contributed by atoms with E-state index in [0.29, 0.717) is 18.5 Å². The molecule has 2 nitrogen and oxygen atoms in total. The predicted molar refractivity (Wildman–Crippen MR) is 74.9 cm³/mol. The molecular weight excluding hydrogens is 222 g/mol. The van der Waals surface area contributed by atoms with Gasteiger partial charge in [0, 0.05) is 30.6 Å². The molecule has 1 aromatic rings. The van der Waals surface area contributed by atoms with Crippen LogP contribution in [0.4, 0.5) is 0 Å². The van der Waals surface area contributed by atoms with E-state index in [2.05, 4.69) is 18.7 Å². The Balaban J connectivity index is 1.89. The van der Waals surface area contributed by atoms with Crippen molar-refractivity contribution in [2.24, 2.45) is 0 Å². The van der Waals surface area contributed by atoms with Gasteiger partial charge in [-0.1, -0.05) is 37.3 Å². The van der Waals surface area contributed by atoms with Crippen molar-refractivity contribution in [2.75, 3.05) is 6.54 Å². The van der Waals surface area contributed by atoms with Crippen LogP contribution in [0.25, 0.3) is 0 Å². The second-order valence-corrected chi connectivity index (χ2v) is 5.27. The molecule has 2 unspecified atom stereocenters. The van der Waals surface area contributed by atoms with Crippen LogP contribution in [-0.2, 0) is 0 Å². The van der Waals surface area contributed by atoms with Gasteiger partial charge in [-0.2, -0.15) is 0 Å². The second-order valence-electron chi connectivity index (χ2n) is 5.27. The van der Waals surface area contributed by atoms with Gasteiger partial charge in [0.2, 0.25) is 0 Å². The zero-order valence-electron chi connectivity index (χ0n) is 11.4. The third-order valence-corrected chi connectivity index (χ3v) is 4.12. The van der Waals surface area contributed by atoms with E-state index in [0.717, 1.165) is 12.1 Å². The molecule has 2 rings (SSSR count). The van der Waals surface area contributed by atoms with Crippen molar-refractivity contribution in [1.82, 2.24) is 4.90 Å². The fourth-order valence-electron chi connectivity index (χ4n) is 2.97. The number of hydrogen-bond acceptors (Lipinski definition) is 2. The first-order valence-corrected chi connectivity index (χ1v) is 7.06. The van der Waals surface area contributed by atoms with Gasteiger partial charge in [-0.05, 0) is 26.2 Å². The van der Waals surface area contributed by atoms with Gasteiger partial charge < -0.3 is 0 Å². The van der Waals surface area contributed by atoms with Crippen LogP contribution in [-0.4, -0.2) is 29.3 Å². The van der Waals surface area contributed by atoms with Crippen LogP contribution < -0.4 is 0 Å². The maximum absolute atomic E-state index is 12.1. The molecule has 0 amide bonds. The van der Waals surface area contributed by atoms with Gasteiger partial charge in [-0.25, -0.2) is 0 Å². The highest BCUT2D eigenvalue weighted by Gasteiger charge is 2.29. The lowest BCUT2D eigenvalue weighted by atomic mass is 10.1. The van der Waals surface area contributed by atoms with E-state index in [1.165, 1.54) is 19.3 Å². The minimum atomic E-state index is 0.268. The average Bonchev–Trinajstić information content (AvgIpc) is 2.77. The zero-order chi connectivity index (χ0) is 13.0. The average molecular weight is 245 g/mol. The Kier molecular flexibility index (Phi) is 4.54. The third kappa shape index (κ3) is 2.99. The van der Waals surface area contributed by atoms with Crippen molar-refractivity contribution < 1.29 is 4.79 Å². The second kappa shape index (κ2) is 6.14. The van der Waals surface area contributed by atoms with Crippen LogP contribution in [0, 0.1) is 0 Å². The fraction of sp³-hybridized carbons (Fsp3) is 0.562. The first-order chi connectivity index (χ1) is 8.72. The lowest BCUT2D eigenvalue weighted by Gasteiger charge is -2.27. The Morgan fingerprint density at radius 2 is 2.00 bits per heavy atom. The van der Waals surface area contributed by atoms with Gasteiger partial charge in [0.05, 0.1) is 0 Å². The molecule has 0 N–H and O–H groups in total. The van der Waals surface area contributed by atoms with Crippen molar-refractivity contribution in [3.05, 3.63) is 35.9 Å². The molecule has 0 aromatic heterocycles. The Morgan fingerprint density at radius 3 is 2.67 bits per heavy atom. The Bertz CT molecular complexity index is 387. The summed E-state index contributed by atoms with van der Waals surface area (Å²) >= 11 is 0. The monoisotopic (exact) mass is 245 g/mol. The van der Waals surface area contributed by atoms with E-state index >= 15 is 0 Å². The van der Waals surface area contributed by atoms with E-state index in [1.807, 2.05) is 30.3 Å². The minimum Gasteiger partial charge on any atom is -0.297 e. The summed E-state index contributed by atoms with van der Waals surface area (Å²) in [5, 5.41) is 0. The first-order valence-electron chi connectivity index (χ1n) is 7.06. The molecule has 2 atom stereocenters. The maximum atomic E-state index is 12.1. The van der Waals surface area contributed by atoms with Crippen molar-refractivity contribution >= 4 is 5.78 Å². The number of likely N-dealkylation sites (tertiary alicyclic amines) is 1. The molecule has 1 heterocycles. The summed E-state index contributed by atoms with van der Waals surface area (Å²) in [6, 6.07) is 11.0. The number of carbonyl (C=O) groups excluding carboxylic acids is 1. The van der Waals surface area contributed by atoms with E-state index in [9.17, 15) is 4.79 Å². The van der Waals surface area contributed by atoms with Crippen LogP contribution in [0.3, 0.4) is 0 Å². The molecule has 2 heteroatoms. The number of hydrogen-bond donors (Lipinski definition) is 0. The van der Waals surface area contributed by atoms with E-state index < -0.39 is 0 Å². The SMILES string of the molecule is CCC1CCC(C)N1CCC(=O)c1ccccc1. The largest absolute Gasteiger partial charge is 0.297 e. The summed E-state index contributed by atoms with van der Waals surface area (Å²) in [5.41, 5.74) is 0.845. The molecule has 0 bridgehead atoms. The molecule has 1 saturated heterocycles. The van der Waals surface area contributed by atoms with Gasteiger partial charge in [0.25, 0.3) is 0 Å². The summed E-state index contributed by atoms with van der Waals surface area (Å²) in [7, 11) is 0. The molecule has 1 aromatic carbocycles. The topological polar surface area (TPSA) is 20.3 Å². The highest BCUT2D eigenvalue weighted by molar-refractivity contribution is 5.96. The minimum absolute atomic E-state index is 0.268. The molecule has 0 saturated carbocycles. The zero-order valence-corrected chi connectivity index (χ0v) is 11.4. The summed E-state index contributed by atoms with van der Waals surface area (Å²) < 4.78 is 0. The summed E-state index contributed by atoms with van der Waals surface area (Å²) in [6.07, 6.45) is 4.41. The molecule has 1 aliphatic heterocycles. The van der Waals surface area contributed by atoms with Crippen molar-refractivity contribution in [3.63, 3.8) is 0 Å². The molecule has 0 spiro atoms. The summed E-state index contributed by atoms with van der Waals surface area (Å²) in [6.45, 7) is 5.44. The third-order valence-electron chi connectivity index (χ3n) is 4.12. The molecule has 18 heavy (non-hydrogen) atoms. The van der Waals surface area contributed by atoms with E-state index in [4.69, 9.17) is 0 Å². The van der Waals surface area contributed by atoms with Crippen LogP contribution in [0.2, 0.25) is 0 Å². The van der Waals surface area contributed by atoms with E-state index in [1.54, 1.807) is 0 Å². The standard InChI is InChI=1S/C16H23NO/c1-3-15-10-9-13(2)17(15)12-11-16(18)14-7-5-4-6-8-14/h4-8,13,15H,3,9-12H2,1-2H3.